The third kappa shape index (κ3) is 3.54. The quantitative estimate of drug-likeness (QED) is 0.675. The summed E-state index contributed by atoms with van der Waals surface area (Å²) in [4.78, 5) is 10.3. The van der Waals surface area contributed by atoms with Crippen LogP contribution in [0.2, 0.25) is 0 Å². The highest BCUT2D eigenvalue weighted by Crippen LogP contribution is 2.22. The van der Waals surface area contributed by atoms with Gasteiger partial charge in [-0.2, -0.15) is 5.26 Å². The van der Waals surface area contributed by atoms with Crippen LogP contribution in [0, 0.1) is 27.3 Å². The van der Waals surface area contributed by atoms with Crippen LogP contribution in [0.15, 0.2) is 42.5 Å². The van der Waals surface area contributed by atoms with Gasteiger partial charge in [0.1, 0.15) is 17.4 Å². The second kappa shape index (κ2) is 6.48. The zero-order valence-electron chi connectivity index (χ0n) is 11.0. The Hall–Kier alpha value is -2.94. The van der Waals surface area contributed by atoms with Gasteiger partial charge in [0.05, 0.1) is 4.92 Å². The molecule has 2 aromatic carbocycles. The molecule has 0 aromatic heterocycles. The summed E-state index contributed by atoms with van der Waals surface area (Å²) in [6.07, 6.45) is 0.459. The molecule has 21 heavy (non-hydrogen) atoms. The molecule has 0 atom stereocenters. The van der Waals surface area contributed by atoms with Gasteiger partial charge in [0, 0.05) is 18.3 Å². The van der Waals surface area contributed by atoms with Gasteiger partial charge in [0.25, 0.3) is 5.69 Å². The summed E-state index contributed by atoms with van der Waals surface area (Å²) in [6.45, 7) is 0.435. The topological polar surface area (TPSA) is 79.0 Å². The number of nitro groups is 1. The van der Waals surface area contributed by atoms with E-state index in [4.69, 9.17) is 5.26 Å². The number of nitrogens with one attached hydrogen (secondary N) is 1. The summed E-state index contributed by atoms with van der Waals surface area (Å²) in [5.74, 6) is -0.273. The number of nitriles is 1. The van der Waals surface area contributed by atoms with Gasteiger partial charge in [0.15, 0.2) is 0 Å². The Morgan fingerprint density at radius 3 is 2.71 bits per heavy atom. The van der Waals surface area contributed by atoms with E-state index >= 15 is 0 Å². The fourth-order valence-electron chi connectivity index (χ4n) is 1.93. The van der Waals surface area contributed by atoms with Crippen molar-refractivity contribution in [1.82, 2.24) is 0 Å². The second-order valence-corrected chi connectivity index (χ2v) is 4.37. The van der Waals surface area contributed by atoms with E-state index < -0.39 is 4.92 Å². The molecule has 0 heterocycles. The second-order valence-electron chi connectivity index (χ2n) is 4.37. The molecule has 0 radical (unpaired) electrons. The Bertz CT molecular complexity index is 710. The third-order valence-electron chi connectivity index (χ3n) is 3.00. The summed E-state index contributed by atoms with van der Waals surface area (Å²) in [7, 11) is 0. The maximum atomic E-state index is 13.4. The van der Waals surface area contributed by atoms with Crippen LogP contribution in [0.4, 0.5) is 15.8 Å². The number of rotatable bonds is 5. The van der Waals surface area contributed by atoms with Crippen molar-refractivity contribution in [3.8, 4) is 6.07 Å². The summed E-state index contributed by atoms with van der Waals surface area (Å²) < 4.78 is 13.4. The van der Waals surface area contributed by atoms with E-state index in [1.807, 2.05) is 0 Å². The van der Waals surface area contributed by atoms with Crippen molar-refractivity contribution >= 4 is 11.4 Å². The Balaban J connectivity index is 2.04. The minimum Gasteiger partial charge on any atom is -0.385 e. The van der Waals surface area contributed by atoms with Crippen molar-refractivity contribution in [2.75, 3.05) is 11.9 Å². The molecule has 0 fully saturated rings. The maximum Gasteiger partial charge on any atom is 0.289 e. The molecule has 6 heteroatoms. The lowest BCUT2D eigenvalue weighted by molar-refractivity contribution is -0.385. The Morgan fingerprint density at radius 2 is 2.05 bits per heavy atom. The van der Waals surface area contributed by atoms with Gasteiger partial charge in [-0.25, -0.2) is 4.39 Å². The highest BCUT2D eigenvalue weighted by atomic mass is 19.1. The van der Waals surface area contributed by atoms with Gasteiger partial charge in [-0.1, -0.05) is 18.2 Å². The smallest absolute Gasteiger partial charge is 0.289 e. The molecule has 106 valence electrons. The maximum absolute atomic E-state index is 13.4. The number of halogens is 1. The van der Waals surface area contributed by atoms with Crippen molar-refractivity contribution in [1.29, 1.82) is 5.26 Å². The van der Waals surface area contributed by atoms with E-state index in [-0.39, 0.29) is 17.1 Å². The van der Waals surface area contributed by atoms with Crippen LogP contribution in [0.25, 0.3) is 0 Å². The molecule has 0 amide bonds. The third-order valence-corrected chi connectivity index (χ3v) is 3.00. The van der Waals surface area contributed by atoms with Gasteiger partial charge >= 0.3 is 0 Å². The predicted molar refractivity (Wildman–Crippen MR) is 76.4 cm³/mol. The van der Waals surface area contributed by atoms with E-state index in [9.17, 15) is 14.5 Å². The molecule has 0 saturated heterocycles. The summed E-state index contributed by atoms with van der Waals surface area (Å²) in [5.41, 5.74) is 0.873. The van der Waals surface area contributed by atoms with E-state index in [1.54, 1.807) is 30.3 Å². The normalized spacial score (nSPS) is 9.90. The van der Waals surface area contributed by atoms with Crippen LogP contribution >= 0.6 is 0 Å². The van der Waals surface area contributed by atoms with Crippen molar-refractivity contribution < 1.29 is 9.31 Å². The fourth-order valence-corrected chi connectivity index (χ4v) is 1.93. The number of hydrogen-bond donors (Lipinski definition) is 1. The minimum atomic E-state index is -0.597. The zero-order chi connectivity index (χ0) is 15.2. The van der Waals surface area contributed by atoms with E-state index in [1.165, 1.54) is 18.2 Å². The molecule has 1 N–H and O–H groups in total. The number of nitrogens with zero attached hydrogens (tertiary/aromatic N) is 2. The molecule has 0 spiro atoms. The fraction of sp³-hybridized carbons (Fsp3) is 0.133. The number of hydrogen-bond acceptors (Lipinski definition) is 4. The Labute approximate surface area is 120 Å². The van der Waals surface area contributed by atoms with Crippen LogP contribution in [0.1, 0.15) is 11.1 Å². The highest BCUT2D eigenvalue weighted by Gasteiger charge is 2.14. The monoisotopic (exact) mass is 285 g/mol. The molecule has 2 aromatic rings. The average molecular weight is 285 g/mol. The SMILES string of the molecule is N#Cc1ccc(NCCc2ccccc2F)cc1[N+](=O)[O-]. The van der Waals surface area contributed by atoms with Crippen molar-refractivity contribution in [2.45, 2.75) is 6.42 Å². The average Bonchev–Trinajstić information content (AvgIpc) is 2.49. The zero-order valence-corrected chi connectivity index (χ0v) is 11.0. The molecule has 0 unspecified atom stereocenters. The lowest BCUT2D eigenvalue weighted by Crippen LogP contribution is -2.06. The van der Waals surface area contributed by atoms with E-state index in [2.05, 4.69) is 5.32 Å². The molecule has 0 aliphatic carbocycles. The Kier molecular flexibility index (Phi) is 4.46. The Morgan fingerprint density at radius 1 is 1.29 bits per heavy atom. The standard InChI is InChI=1S/C15H12FN3O2/c16-14-4-2-1-3-11(14)7-8-18-13-6-5-12(10-17)15(9-13)19(20)21/h1-6,9,18H,7-8H2. The molecule has 0 aliphatic rings. The van der Waals surface area contributed by atoms with Gasteiger partial charge in [-0.15, -0.1) is 0 Å². The first kappa shape index (κ1) is 14.5. The number of nitro benzene ring substituents is 1. The lowest BCUT2D eigenvalue weighted by Gasteiger charge is -2.07. The van der Waals surface area contributed by atoms with Crippen LogP contribution in [-0.4, -0.2) is 11.5 Å². The molecule has 0 aliphatic heterocycles. The minimum absolute atomic E-state index is 0.0136. The van der Waals surface area contributed by atoms with Crippen molar-refractivity contribution in [3.63, 3.8) is 0 Å². The van der Waals surface area contributed by atoms with Gasteiger partial charge in [-0.05, 0) is 30.2 Å². The summed E-state index contributed by atoms with van der Waals surface area (Å²) in [6, 6.07) is 12.5. The summed E-state index contributed by atoms with van der Waals surface area (Å²) >= 11 is 0. The van der Waals surface area contributed by atoms with Gasteiger partial charge < -0.3 is 5.32 Å². The van der Waals surface area contributed by atoms with Crippen molar-refractivity contribution in [2.24, 2.45) is 0 Å². The summed E-state index contributed by atoms with van der Waals surface area (Å²) in [5, 5.41) is 22.6. The first-order chi connectivity index (χ1) is 10.1. The van der Waals surface area contributed by atoms with E-state index in [0.29, 0.717) is 24.2 Å². The van der Waals surface area contributed by atoms with Crippen molar-refractivity contribution in [3.05, 3.63) is 69.5 Å². The molecule has 0 saturated carbocycles. The molecule has 2 rings (SSSR count). The predicted octanol–water partition coefficient (Wildman–Crippen LogP) is 3.26. The highest BCUT2D eigenvalue weighted by molar-refractivity contribution is 5.59. The van der Waals surface area contributed by atoms with Gasteiger partial charge in [-0.3, -0.25) is 10.1 Å². The number of benzene rings is 2. The number of anilines is 1. The molecule has 5 nitrogen and oxygen atoms in total. The van der Waals surface area contributed by atoms with Crippen LogP contribution in [-0.2, 0) is 6.42 Å². The van der Waals surface area contributed by atoms with Crippen LogP contribution in [0.3, 0.4) is 0 Å². The first-order valence-corrected chi connectivity index (χ1v) is 6.27. The van der Waals surface area contributed by atoms with Crippen LogP contribution < -0.4 is 5.32 Å². The first-order valence-electron chi connectivity index (χ1n) is 6.27. The molecular weight excluding hydrogens is 273 g/mol. The van der Waals surface area contributed by atoms with Crippen LogP contribution in [0.5, 0.6) is 0 Å². The molecular formula is C15H12FN3O2. The van der Waals surface area contributed by atoms with Gasteiger partial charge in [0.2, 0.25) is 0 Å². The molecule has 0 bridgehead atoms. The largest absolute Gasteiger partial charge is 0.385 e. The lowest BCUT2D eigenvalue weighted by atomic mass is 10.1. The van der Waals surface area contributed by atoms with E-state index in [0.717, 1.165) is 0 Å².